The third-order valence-electron chi connectivity index (χ3n) is 14.6. The fraction of sp³-hybridized carbons (Fsp3) is 0.964. The molecule has 13 heteroatoms. The van der Waals surface area contributed by atoms with Crippen molar-refractivity contribution in [3.63, 3.8) is 0 Å². The van der Waals surface area contributed by atoms with E-state index in [1.807, 2.05) is 0 Å². The number of aliphatic hydroxyl groups excluding tert-OH is 6. The minimum atomic E-state index is -1.81. The SMILES string of the molecule is CCCCCCCCCCCCCCCCCCCC[C@H](C)C[C@H](C)C(=O)OC1[C@H](O)C(CO)O[C@H](O[C@H]2OC(CO)[C@@H](O)C(O)[C@@H]2O)[C@@H]1OC(=O)CCCCCCCCCCCCCCCCC. The van der Waals surface area contributed by atoms with Gasteiger partial charge < -0.3 is 54.3 Å². The summed E-state index contributed by atoms with van der Waals surface area (Å²) in [5, 5.41) is 62.9. The predicted molar refractivity (Wildman–Crippen MR) is 272 cm³/mol. The third kappa shape index (κ3) is 28.0. The number of hydrogen-bond acceptors (Lipinski definition) is 13. The van der Waals surface area contributed by atoms with E-state index in [-0.39, 0.29) is 12.3 Å². The molecule has 0 aliphatic carbocycles. The minimum Gasteiger partial charge on any atom is -0.455 e. The molecule has 0 bridgehead atoms. The molecule has 2 aliphatic rings. The van der Waals surface area contributed by atoms with Crippen LogP contribution in [0.3, 0.4) is 0 Å². The van der Waals surface area contributed by atoms with Crippen LogP contribution >= 0.6 is 0 Å². The molecule has 0 amide bonds. The molecule has 6 N–H and O–H groups in total. The summed E-state index contributed by atoms with van der Waals surface area (Å²) in [7, 11) is 0. The highest BCUT2D eigenvalue weighted by Gasteiger charge is 2.53. The van der Waals surface area contributed by atoms with E-state index in [0.29, 0.717) is 12.8 Å². The molecule has 408 valence electrons. The topological polar surface area (TPSA) is 202 Å². The van der Waals surface area contributed by atoms with Crippen molar-refractivity contribution >= 4 is 11.9 Å². The molecule has 0 aromatic rings. The molecule has 2 heterocycles. The largest absolute Gasteiger partial charge is 0.455 e. The van der Waals surface area contributed by atoms with Gasteiger partial charge in [0.05, 0.1) is 19.1 Å². The predicted octanol–water partition coefficient (Wildman–Crippen LogP) is 11.1. The monoisotopic (exact) mass is 987 g/mol. The Hall–Kier alpha value is -1.42. The molecule has 2 aliphatic heterocycles. The van der Waals surface area contributed by atoms with Gasteiger partial charge in [0, 0.05) is 6.42 Å². The summed E-state index contributed by atoms with van der Waals surface area (Å²) in [5.74, 6) is -1.57. The average Bonchev–Trinajstić information content (AvgIpc) is 3.34. The molecular formula is C56H106O13. The Balaban J connectivity index is 1.84. The van der Waals surface area contributed by atoms with E-state index in [0.717, 1.165) is 44.9 Å². The van der Waals surface area contributed by atoms with Gasteiger partial charge in [0.1, 0.15) is 36.6 Å². The number of unbranched alkanes of at least 4 members (excludes halogenated alkanes) is 31. The first-order valence-corrected chi connectivity index (χ1v) is 28.8. The first kappa shape index (κ1) is 63.7. The lowest BCUT2D eigenvalue weighted by Crippen LogP contribution is -2.65. The zero-order valence-corrected chi connectivity index (χ0v) is 44.3. The van der Waals surface area contributed by atoms with Crippen LogP contribution in [0.2, 0.25) is 0 Å². The second-order valence-corrected chi connectivity index (χ2v) is 21.1. The van der Waals surface area contributed by atoms with E-state index < -0.39 is 92.5 Å². The van der Waals surface area contributed by atoms with Gasteiger partial charge in [-0.05, 0) is 18.8 Å². The fourth-order valence-electron chi connectivity index (χ4n) is 10.0. The summed E-state index contributed by atoms with van der Waals surface area (Å²) >= 11 is 0. The van der Waals surface area contributed by atoms with Crippen molar-refractivity contribution in [3.8, 4) is 0 Å². The molecule has 0 saturated carbocycles. The van der Waals surface area contributed by atoms with Crippen LogP contribution in [0, 0.1) is 11.8 Å². The number of carbonyl (C=O) groups excluding carboxylic acids is 2. The zero-order chi connectivity index (χ0) is 50.5. The van der Waals surface area contributed by atoms with Crippen molar-refractivity contribution < 1.29 is 63.9 Å². The molecule has 0 aromatic heterocycles. The summed E-state index contributed by atoms with van der Waals surface area (Å²) in [6.07, 6.45) is 27.2. The Kier molecular flexibility index (Phi) is 37.8. The van der Waals surface area contributed by atoms with Crippen LogP contribution in [-0.2, 0) is 33.3 Å². The van der Waals surface area contributed by atoms with Crippen LogP contribution in [-0.4, -0.2) is 117 Å². The lowest BCUT2D eigenvalue weighted by atomic mass is 9.92. The second-order valence-electron chi connectivity index (χ2n) is 21.1. The van der Waals surface area contributed by atoms with E-state index in [9.17, 15) is 40.2 Å². The smallest absolute Gasteiger partial charge is 0.309 e. The first-order valence-electron chi connectivity index (χ1n) is 28.8. The van der Waals surface area contributed by atoms with Gasteiger partial charge in [-0.1, -0.05) is 240 Å². The highest BCUT2D eigenvalue weighted by molar-refractivity contribution is 5.72. The van der Waals surface area contributed by atoms with Gasteiger partial charge in [-0.3, -0.25) is 9.59 Å². The van der Waals surface area contributed by atoms with E-state index in [1.165, 1.54) is 167 Å². The van der Waals surface area contributed by atoms with Crippen LogP contribution in [0.5, 0.6) is 0 Å². The molecule has 2 rings (SSSR count). The molecule has 0 spiro atoms. The number of esters is 2. The van der Waals surface area contributed by atoms with Crippen molar-refractivity contribution in [2.75, 3.05) is 13.2 Å². The van der Waals surface area contributed by atoms with Gasteiger partial charge in [-0.25, -0.2) is 0 Å². The molecule has 69 heavy (non-hydrogen) atoms. The van der Waals surface area contributed by atoms with Crippen LogP contribution in [0.15, 0.2) is 0 Å². The van der Waals surface area contributed by atoms with Crippen LogP contribution in [0.25, 0.3) is 0 Å². The molecule has 13 nitrogen and oxygen atoms in total. The number of hydrogen-bond donors (Lipinski definition) is 6. The maximum absolute atomic E-state index is 13.7. The molecule has 2 fully saturated rings. The Labute approximate surface area is 419 Å². The highest BCUT2D eigenvalue weighted by Crippen LogP contribution is 2.33. The molecular weight excluding hydrogens is 881 g/mol. The van der Waals surface area contributed by atoms with E-state index in [4.69, 9.17) is 23.7 Å². The zero-order valence-electron chi connectivity index (χ0n) is 44.3. The number of rotatable bonds is 44. The number of ether oxygens (including phenoxy) is 5. The first-order chi connectivity index (χ1) is 33.5. The molecule has 0 radical (unpaired) electrons. The Morgan fingerprint density at radius 3 is 1.25 bits per heavy atom. The lowest BCUT2D eigenvalue weighted by Gasteiger charge is -2.46. The Morgan fingerprint density at radius 1 is 0.449 bits per heavy atom. The third-order valence-corrected chi connectivity index (χ3v) is 14.6. The van der Waals surface area contributed by atoms with Gasteiger partial charge in [-0.2, -0.15) is 0 Å². The second kappa shape index (κ2) is 41.0. The summed E-state index contributed by atoms with van der Waals surface area (Å²) in [6.45, 7) is 6.98. The van der Waals surface area contributed by atoms with Gasteiger partial charge in [0.15, 0.2) is 18.5 Å². The van der Waals surface area contributed by atoms with E-state index in [1.54, 1.807) is 6.92 Å². The lowest BCUT2D eigenvalue weighted by molar-refractivity contribution is -0.377. The molecule has 2 saturated heterocycles. The maximum atomic E-state index is 13.7. The summed E-state index contributed by atoms with van der Waals surface area (Å²) in [6, 6.07) is 0. The van der Waals surface area contributed by atoms with Crippen LogP contribution in [0.1, 0.15) is 259 Å². The molecule has 4 unspecified atom stereocenters. The maximum Gasteiger partial charge on any atom is 0.309 e. The molecule has 0 aromatic carbocycles. The van der Waals surface area contributed by atoms with Gasteiger partial charge in [0.25, 0.3) is 0 Å². The quantitative estimate of drug-likeness (QED) is 0.0249. The van der Waals surface area contributed by atoms with Crippen molar-refractivity contribution in [1.29, 1.82) is 0 Å². The van der Waals surface area contributed by atoms with E-state index in [2.05, 4.69) is 20.8 Å². The number of carbonyl (C=O) groups is 2. The van der Waals surface area contributed by atoms with E-state index >= 15 is 0 Å². The van der Waals surface area contributed by atoms with Crippen molar-refractivity contribution in [1.82, 2.24) is 0 Å². The van der Waals surface area contributed by atoms with Crippen LogP contribution in [0.4, 0.5) is 0 Å². The standard InChI is InChI=1S/C56H106O13/c1-5-7-9-11-13-15-17-19-21-22-23-25-26-28-30-32-34-36-38-43(3)40-44(4)54(64)68-52-49(61)46(42-58)66-56(69-55-51(63)50(62)48(60)45(41-57)65-55)53(52)67-47(59)39-37-35-33-31-29-27-24-20-18-16-14-12-10-8-6-2/h43-46,48-53,55-58,60-63H,5-42H2,1-4H3/t43-,44-,45?,46?,48+,49+,50?,51-,52?,53+,55+,56+/m0/s1. The van der Waals surface area contributed by atoms with Gasteiger partial charge in [-0.15, -0.1) is 0 Å². The normalized spacial score (nSPS) is 25.9. The summed E-state index contributed by atoms with van der Waals surface area (Å²) in [5.41, 5.74) is 0. The summed E-state index contributed by atoms with van der Waals surface area (Å²) < 4.78 is 29.1. The minimum absolute atomic E-state index is 0.0507. The van der Waals surface area contributed by atoms with Gasteiger partial charge >= 0.3 is 11.9 Å². The average molecular weight is 987 g/mol. The van der Waals surface area contributed by atoms with Gasteiger partial charge in [0.2, 0.25) is 6.29 Å². The Morgan fingerprint density at radius 2 is 0.826 bits per heavy atom. The highest BCUT2D eigenvalue weighted by atomic mass is 16.8. The Bertz CT molecular complexity index is 1220. The summed E-state index contributed by atoms with van der Waals surface area (Å²) in [4.78, 5) is 27.1. The van der Waals surface area contributed by atoms with Crippen molar-refractivity contribution in [2.45, 2.75) is 320 Å². The fourth-order valence-corrected chi connectivity index (χ4v) is 10.0. The van der Waals surface area contributed by atoms with Crippen molar-refractivity contribution in [3.05, 3.63) is 0 Å². The number of aliphatic hydroxyl groups is 6. The van der Waals surface area contributed by atoms with Crippen LogP contribution < -0.4 is 0 Å². The van der Waals surface area contributed by atoms with Crippen molar-refractivity contribution in [2.24, 2.45) is 11.8 Å². The molecule has 12 atom stereocenters.